The summed E-state index contributed by atoms with van der Waals surface area (Å²) in [5.41, 5.74) is 0. The molecule has 0 aromatic rings. The largest absolute Gasteiger partial charge is 0.471 e. The van der Waals surface area contributed by atoms with Gasteiger partial charge in [0.15, 0.2) is 0 Å². The van der Waals surface area contributed by atoms with E-state index >= 15 is 0 Å². The minimum atomic E-state index is -4.74. The van der Waals surface area contributed by atoms with Gasteiger partial charge in [0.2, 0.25) is 0 Å². The van der Waals surface area contributed by atoms with E-state index in [-0.39, 0.29) is 12.0 Å². The number of carbonyl (C=O) groups excluding carboxylic acids is 1. The van der Waals surface area contributed by atoms with Gasteiger partial charge in [-0.1, -0.05) is 6.42 Å². The highest BCUT2D eigenvalue weighted by Crippen LogP contribution is 2.32. The normalized spacial score (nSPS) is 20.1. The molecule has 1 atom stereocenters. The molecule has 0 bridgehead atoms. The maximum Gasteiger partial charge on any atom is 0.471 e. The maximum absolute atomic E-state index is 12.1. The summed E-state index contributed by atoms with van der Waals surface area (Å²) in [5.74, 6) is -1.50. The van der Waals surface area contributed by atoms with E-state index in [4.69, 9.17) is 0 Å². The van der Waals surface area contributed by atoms with Crippen LogP contribution in [0.5, 0.6) is 0 Å². The first-order valence-corrected chi connectivity index (χ1v) is 4.68. The quantitative estimate of drug-likeness (QED) is 0.682. The van der Waals surface area contributed by atoms with Crippen LogP contribution in [0.15, 0.2) is 0 Å². The molecule has 2 nitrogen and oxygen atoms in total. The predicted molar refractivity (Wildman–Crippen MR) is 45.6 cm³/mol. The molecule has 5 heteroatoms. The summed E-state index contributed by atoms with van der Waals surface area (Å²) in [6.07, 6.45) is -1.83. The van der Waals surface area contributed by atoms with E-state index in [1.807, 2.05) is 0 Å². The first kappa shape index (κ1) is 11.3. The zero-order valence-corrected chi connectivity index (χ0v) is 8.27. The molecule has 0 radical (unpaired) electrons. The maximum atomic E-state index is 12.1. The van der Waals surface area contributed by atoms with Crippen LogP contribution in [0, 0.1) is 5.92 Å². The number of hydrogen-bond acceptors (Lipinski definition) is 1. The van der Waals surface area contributed by atoms with Crippen LogP contribution in [0.4, 0.5) is 13.2 Å². The molecule has 1 unspecified atom stereocenters. The van der Waals surface area contributed by atoms with Crippen LogP contribution in [-0.4, -0.2) is 30.1 Å². The van der Waals surface area contributed by atoms with Gasteiger partial charge in [0.05, 0.1) is 0 Å². The fourth-order valence-electron chi connectivity index (χ4n) is 1.62. The van der Waals surface area contributed by atoms with E-state index < -0.39 is 12.1 Å². The van der Waals surface area contributed by atoms with Gasteiger partial charge in [-0.25, -0.2) is 0 Å². The van der Waals surface area contributed by atoms with Crippen molar-refractivity contribution in [3.05, 3.63) is 0 Å². The summed E-state index contributed by atoms with van der Waals surface area (Å²) in [6, 6.07) is -0.308. The van der Waals surface area contributed by atoms with Gasteiger partial charge in [-0.05, 0) is 25.7 Å². The van der Waals surface area contributed by atoms with E-state index in [1.54, 1.807) is 6.92 Å². The van der Waals surface area contributed by atoms with Gasteiger partial charge >= 0.3 is 12.1 Å². The first-order chi connectivity index (χ1) is 6.34. The van der Waals surface area contributed by atoms with Crippen LogP contribution in [0.1, 0.15) is 26.2 Å². The average molecular weight is 209 g/mol. The van der Waals surface area contributed by atoms with Crippen LogP contribution in [0.25, 0.3) is 0 Å². The Bertz CT molecular complexity index is 223. The van der Waals surface area contributed by atoms with Gasteiger partial charge in [0.25, 0.3) is 0 Å². The molecule has 14 heavy (non-hydrogen) atoms. The lowest BCUT2D eigenvalue weighted by Crippen LogP contribution is -2.47. The van der Waals surface area contributed by atoms with Gasteiger partial charge in [0, 0.05) is 13.1 Å². The minimum Gasteiger partial charge on any atom is -0.335 e. The predicted octanol–water partition coefficient (Wildman–Crippen LogP) is 2.20. The highest BCUT2D eigenvalue weighted by atomic mass is 19.4. The minimum absolute atomic E-state index is 0.242. The van der Waals surface area contributed by atoms with E-state index in [0.29, 0.717) is 0 Å². The Morgan fingerprint density at radius 2 is 1.93 bits per heavy atom. The van der Waals surface area contributed by atoms with Crippen molar-refractivity contribution in [3.63, 3.8) is 0 Å². The third-order valence-corrected chi connectivity index (χ3v) is 3.01. The molecule has 0 saturated heterocycles. The Kier molecular flexibility index (Phi) is 3.07. The molecule has 0 N–H and O–H groups in total. The smallest absolute Gasteiger partial charge is 0.335 e. The Balaban J connectivity index is 2.55. The summed E-state index contributed by atoms with van der Waals surface area (Å²) in [6.45, 7) is 1.67. The summed E-state index contributed by atoms with van der Waals surface area (Å²) in [4.78, 5) is 11.7. The summed E-state index contributed by atoms with van der Waals surface area (Å²) in [5, 5.41) is 0. The van der Waals surface area contributed by atoms with Crippen molar-refractivity contribution in [1.82, 2.24) is 4.90 Å². The number of hydrogen-bond donors (Lipinski definition) is 0. The van der Waals surface area contributed by atoms with Crippen LogP contribution in [-0.2, 0) is 4.79 Å². The summed E-state index contributed by atoms with van der Waals surface area (Å²) < 4.78 is 36.2. The molecule has 1 aliphatic rings. The molecule has 0 heterocycles. The first-order valence-electron chi connectivity index (χ1n) is 4.68. The SMILES string of the molecule is CC(C1CCC1)N(C)C(=O)C(F)(F)F. The van der Waals surface area contributed by atoms with Crippen LogP contribution in [0.3, 0.4) is 0 Å². The van der Waals surface area contributed by atoms with Crippen molar-refractivity contribution in [2.75, 3.05) is 7.05 Å². The van der Waals surface area contributed by atoms with Crippen molar-refractivity contribution in [3.8, 4) is 0 Å². The highest BCUT2D eigenvalue weighted by molar-refractivity contribution is 5.81. The lowest BCUT2D eigenvalue weighted by molar-refractivity contribution is -0.187. The number of carbonyl (C=O) groups is 1. The van der Waals surface area contributed by atoms with Crippen LogP contribution in [0.2, 0.25) is 0 Å². The van der Waals surface area contributed by atoms with Gasteiger partial charge in [-0.2, -0.15) is 13.2 Å². The van der Waals surface area contributed by atoms with Crippen molar-refractivity contribution in [2.45, 2.75) is 38.4 Å². The van der Waals surface area contributed by atoms with Crippen molar-refractivity contribution < 1.29 is 18.0 Å². The Hall–Kier alpha value is -0.740. The Morgan fingerprint density at radius 1 is 1.43 bits per heavy atom. The summed E-state index contributed by atoms with van der Waals surface area (Å²) >= 11 is 0. The standard InChI is InChI=1S/C9H14F3NO/c1-6(7-4-3-5-7)13(2)8(14)9(10,11)12/h6-7H,3-5H2,1-2H3. The van der Waals surface area contributed by atoms with E-state index in [0.717, 1.165) is 24.2 Å². The van der Waals surface area contributed by atoms with Crippen molar-refractivity contribution in [2.24, 2.45) is 5.92 Å². The average Bonchev–Trinajstić information content (AvgIpc) is 1.96. The second-order valence-electron chi connectivity index (χ2n) is 3.85. The van der Waals surface area contributed by atoms with E-state index in [1.165, 1.54) is 7.05 Å². The van der Waals surface area contributed by atoms with Gasteiger partial charge in [-0.15, -0.1) is 0 Å². The monoisotopic (exact) mass is 209 g/mol. The van der Waals surface area contributed by atoms with Crippen molar-refractivity contribution >= 4 is 5.91 Å². The molecule has 0 aromatic heterocycles. The fraction of sp³-hybridized carbons (Fsp3) is 0.889. The second-order valence-corrected chi connectivity index (χ2v) is 3.85. The Morgan fingerprint density at radius 3 is 2.21 bits per heavy atom. The molecule has 1 saturated carbocycles. The molecule has 0 aliphatic heterocycles. The molecule has 82 valence electrons. The molecule has 1 rings (SSSR count). The zero-order valence-electron chi connectivity index (χ0n) is 8.27. The van der Waals surface area contributed by atoms with E-state index in [9.17, 15) is 18.0 Å². The second kappa shape index (κ2) is 3.79. The Labute approximate surface area is 81.1 Å². The van der Waals surface area contributed by atoms with Gasteiger partial charge in [-0.3, -0.25) is 4.79 Å². The number of amides is 1. The topological polar surface area (TPSA) is 20.3 Å². The van der Waals surface area contributed by atoms with E-state index in [2.05, 4.69) is 0 Å². The molecule has 1 amide bonds. The fourth-order valence-corrected chi connectivity index (χ4v) is 1.62. The van der Waals surface area contributed by atoms with Crippen LogP contribution < -0.4 is 0 Å². The molecule has 1 aliphatic carbocycles. The summed E-state index contributed by atoms with van der Waals surface area (Å²) in [7, 11) is 1.22. The molecular weight excluding hydrogens is 195 g/mol. The highest BCUT2D eigenvalue weighted by Gasteiger charge is 2.43. The third kappa shape index (κ3) is 2.19. The molecule has 0 spiro atoms. The van der Waals surface area contributed by atoms with Gasteiger partial charge < -0.3 is 4.90 Å². The van der Waals surface area contributed by atoms with Gasteiger partial charge in [0.1, 0.15) is 0 Å². The van der Waals surface area contributed by atoms with Crippen molar-refractivity contribution in [1.29, 1.82) is 0 Å². The third-order valence-electron chi connectivity index (χ3n) is 3.01. The molecule has 1 fully saturated rings. The number of rotatable bonds is 2. The lowest BCUT2D eigenvalue weighted by Gasteiger charge is -2.37. The number of halogens is 3. The molecule has 0 aromatic carbocycles. The number of alkyl halides is 3. The molecular formula is C9H14F3NO. The number of nitrogens with zero attached hydrogens (tertiary/aromatic N) is 1. The zero-order chi connectivity index (χ0) is 10.9. The van der Waals surface area contributed by atoms with Crippen LogP contribution >= 0.6 is 0 Å². The lowest BCUT2D eigenvalue weighted by atomic mass is 9.80.